The third kappa shape index (κ3) is 2.13. The fourth-order valence-corrected chi connectivity index (χ4v) is 1.33. The first-order valence-electron chi connectivity index (χ1n) is 4.04. The average Bonchev–Trinajstić information content (AvgIpc) is 2.09. The number of alkyl halides is 1. The molecule has 0 amide bonds. The zero-order valence-electron chi connectivity index (χ0n) is 7.90. The van der Waals surface area contributed by atoms with E-state index in [-0.39, 0.29) is 11.2 Å². The normalized spacial score (nSPS) is 12.7. The maximum atomic E-state index is 13.4. The van der Waals surface area contributed by atoms with Crippen molar-refractivity contribution >= 4 is 11.6 Å². The van der Waals surface area contributed by atoms with Gasteiger partial charge in [-0.3, -0.25) is 0 Å². The lowest BCUT2D eigenvalue weighted by Gasteiger charge is -2.10. The molecule has 0 spiro atoms. The van der Waals surface area contributed by atoms with Crippen LogP contribution in [0.2, 0.25) is 0 Å². The first kappa shape index (κ1) is 10.3. The predicted octanol–water partition coefficient (Wildman–Crippen LogP) is 3.44. The minimum absolute atomic E-state index is 0.247. The molecule has 1 aromatic rings. The summed E-state index contributed by atoms with van der Waals surface area (Å²) >= 11 is 5.81. The Morgan fingerprint density at radius 1 is 1.46 bits per heavy atom. The van der Waals surface area contributed by atoms with Crippen LogP contribution in [-0.2, 0) is 0 Å². The molecule has 3 heteroatoms. The summed E-state index contributed by atoms with van der Waals surface area (Å²) in [4.78, 5) is 0. The van der Waals surface area contributed by atoms with Crippen molar-refractivity contribution < 1.29 is 9.13 Å². The summed E-state index contributed by atoms with van der Waals surface area (Å²) in [6.45, 7) is 3.43. The maximum absolute atomic E-state index is 13.4. The van der Waals surface area contributed by atoms with Gasteiger partial charge < -0.3 is 4.74 Å². The lowest BCUT2D eigenvalue weighted by molar-refractivity contribution is 0.412. The number of methoxy groups -OCH3 is 1. The highest BCUT2D eigenvalue weighted by molar-refractivity contribution is 6.20. The monoisotopic (exact) mass is 202 g/mol. The number of hydrogen-bond donors (Lipinski definition) is 0. The highest BCUT2D eigenvalue weighted by atomic mass is 35.5. The van der Waals surface area contributed by atoms with Crippen LogP contribution in [0.15, 0.2) is 12.1 Å². The molecule has 0 fully saturated rings. The Kier molecular flexibility index (Phi) is 3.15. The fourth-order valence-electron chi connectivity index (χ4n) is 1.17. The summed E-state index contributed by atoms with van der Waals surface area (Å²) in [7, 11) is 1.55. The molecule has 1 aromatic carbocycles. The summed E-state index contributed by atoms with van der Waals surface area (Å²) in [5.41, 5.74) is 1.04. The van der Waals surface area contributed by atoms with E-state index in [1.54, 1.807) is 33.1 Å². The van der Waals surface area contributed by atoms with Gasteiger partial charge in [-0.2, -0.15) is 0 Å². The molecule has 1 unspecified atom stereocenters. The third-order valence-electron chi connectivity index (χ3n) is 1.92. The quantitative estimate of drug-likeness (QED) is 0.668. The number of benzene rings is 1. The van der Waals surface area contributed by atoms with Gasteiger partial charge in [-0.1, -0.05) is 0 Å². The standard InChI is InChI=1S/C10H12ClFO/c1-6-4-8(13-3)5-9(7(2)11)10(6)12/h4-5,7H,1-3H3. The van der Waals surface area contributed by atoms with Crippen molar-refractivity contribution in [3.63, 3.8) is 0 Å². The Morgan fingerprint density at radius 2 is 2.08 bits per heavy atom. The summed E-state index contributed by atoms with van der Waals surface area (Å²) in [5.74, 6) is 0.393. The van der Waals surface area contributed by atoms with Crippen molar-refractivity contribution in [1.82, 2.24) is 0 Å². The van der Waals surface area contributed by atoms with Crippen molar-refractivity contribution in [1.29, 1.82) is 0 Å². The number of halogens is 2. The van der Waals surface area contributed by atoms with Crippen LogP contribution in [-0.4, -0.2) is 7.11 Å². The van der Waals surface area contributed by atoms with Gasteiger partial charge in [0, 0.05) is 5.56 Å². The summed E-state index contributed by atoms with van der Waals surface area (Å²) in [5, 5.41) is -0.339. The van der Waals surface area contributed by atoms with E-state index in [0.717, 1.165) is 0 Å². The van der Waals surface area contributed by atoms with Gasteiger partial charge in [0.15, 0.2) is 0 Å². The second kappa shape index (κ2) is 3.97. The van der Waals surface area contributed by atoms with E-state index in [2.05, 4.69) is 0 Å². The highest BCUT2D eigenvalue weighted by Crippen LogP contribution is 2.28. The summed E-state index contributed by atoms with van der Waals surface area (Å²) in [6.07, 6.45) is 0. The second-order valence-electron chi connectivity index (χ2n) is 2.96. The van der Waals surface area contributed by atoms with E-state index in [9.17, 15) is 4.39 Å². The molecular weight excluding hydrogens is 191 g/mol. The van der Waals surface area contributed by atoms with Crippen LogP contribution >= 0.6 is 11.6 Å². The van der Waals surface area contributed by atoms with Crippen molar-refractivity contribution in [2.24, 2.45) is 0 Å². The number of ether oxygens (including phenoxy) is 1. The van der Waals surface area contributed by atoms with Crippen molar-refractivity contribution in [3.8, 4) is 5.75 Å². The average molecular weight is 203 g/mol. The van der Waals surface area contributed by atoms with Crippen LogP contribution < -0.4 is 4.74 Å². The van der Waals surface area contributed by atoms with E-state index in [1.165, 1.54) is 0 Å². The van der Waals surface area contributed by atoms with E-state index in [4.69, 9.17) is 16.3 Å². The van der Waals surface area contributed by atoms with E-state index < -0.39 is 0 Å². The van der Waals surface area contributed by atoms with Crippen LogP contribution in [0.3, 0.4) is 0 Å². The molecule has 1 nitrogen and oxygen atoms in total. The third-order valence-corrected chi connectivity index (χ3v) is 2.16. The van der Waals surface area contributed by atoms with Gasteiger partial charge in [-0.15, -0.1) is 11.6 Å². The van der Waals surface area contributed by atoms with Crippen molar-refractivity contribution in [3.05, 3.63) is 29.1 Å². The van der Waals surface area contributed by atoms with Gasteiger partial charge >= 0.3 is 0 Å². The number of rotatable bonds is 2. The molecule has 1 rings (SSSR count). The van der Waals surface area contributed by atoms with Gasteiger partial charge in [0.2, 0.25) is 0 Å². The Balaban J connectivity index is 3.25. The van der Waals surface area contributed by atoms with Crippen molar-refractivity contribution in [2.75, 3.05) is 7.11 Å². The van der Waals surface area contributed by atoms with Crippen LogP contribution in [0.4, 0.5) is 4.39 Å². The Labute approximate surface area is 82.5 Å². The van der Waals surface area contributed by atoms with Crippen LogP contribution in [0.25, 0.3) is 0 Å². The largest absolute Gasteiger partial charge is 0.497 e. The summed E-state index contributed by atoms with van der Waals surface area (Å²) < 4.78 is 18.4. The Hall–Kier alpha value is -0.760. The molecule has 1 atom stereocenters. The molecule has 0 N–H and O–H groups in total. The molecule has 0 aromatic heterocycles. The fraction of sp³-hybridized carbons (Fsp3) is 0.400. The Morgan fingerprint density at radius 3 is 2.54 bits per heavy atom. The maximum Gasteiger partial charge on any atom is 0.131 e. The summed E-state index contributed by atoms with van der Waals surface area (Å²) in [6, 6.07) is 3.28. The van der Waals surface area contributed by atoms with Gasteiger partial charge in [-0.05, 0) is 31.5 Å². The molecule has 0 bridgehead atoms. The first-order chi connectivity index (χ1) is 6.06. The topological polar surface area (TPSA) is 9.23 Å². The molecule has 0 saturated carbocycles. The van der Waals surface area contributed by atoms with Gasteiger partial charge in [0.25, 0.3) is 0 Å². The van der Waals surface area contributed by atoms with Crippen LogP contribution in [0, 0.1) is 12.7 Å². The SMILES string of the molecule is COc1cc(C)c(F)c(C(C)Cl)c1. The second-order valence-corrected chi connectivity index (χ2v) is 3.62. The molecular formula is C10H12ClFO. The predicted molar refractivity (Wildman–Crippen MR) is 52.0 cm³/mol. The molecule has 72 valence electrons. The smallest absolute Gasteiger partial charge is 0.131 e. The molecule has 0 aliphatic carbocycles. The molecule has 0 heterocycles. The van der Waals surface area contributed by atoms with Gasteiger partial charge in [0.05, 0.1) is 12.5 Å². The van der Waals surface area contributed by atoms with Gasteiger partial charge in [0.1, 0.15) is 11.6 Å². The van der Waals surface area contributed by atoms with E-state index >= 15 is 0 Å². The van der Waals surface area contributed by atoms with Crippen LogP contribution in [0.1, 0.15) is 23.4 Å². The number of hydrogen-bond acceptors (Lipinski definition) is 1. The lowest BCUT2D eigenvalue weighted by atomic mass is 10.1. The first-order valence-corrected chi connectivity index (χ1v) is 4.48. The zero-order valence-corrected chi connectivity index (χ0v) is 8.65. The lowest BCUT2D eigenvalue weighted by Crippen LogP contribution is -1.96. The molecule has 0 aliphatic rings. The molecule has 0 saturated heterocycles. The zero-order chi connectivity index (χ0) is 10.0. The highest BCUT2D eigenvalue weighted by Gasteiger charge is 2.12. The van der Waals surface area contributed by atoms with Crippen molar-refractivity contribution in [2.45, 2.75) is 19.2 Å². The molecule has 0 radical (unpaired) electrons. The minimum atomic E-state index is -0.339. The molecule has 13 heavy (non-hydrogen) atoms. The Bertz CT molecular complexity index is 310. The number of aryl methyl sites for hydroxylation is 1. The minimum Gasteiger partial charge on any atom is -0.497 e. The molecule has 0 aliphatic heterocycles. The van der Waals surface area contributed by atoms with E-state index in [1.807, 2.05) is 0 Å². The van der Waals surface area contributed by atoms with Gasteiger partial charge in [-0.25, -0.2) is 4.39 Å². The van der Waals surface area contributed by atoms with E-state index in [0.29, 0.717) is 16.9 Å². The van der Waals surface area contributed by atoms with Crippen LogP contribution in [0.5, 0.6) is 5.75 Å².